The van der Waals surface area contributed by atoms with Crippen LogP contribution in [0.5, 0.6) is 5.75 Å². The lowest BCUT2D eigenvalue weighted by Crippen LogP contribution is -2.33. The quantitative estimate of drug-likeness (QED) is 0.750. The molecule has 0 saturated carbocycles. The molecule has 0 aromatic heterocycles. The number of likely N-dealkylation sites (N-methyl/N-ethyl adjacent to an activating group) is 2. The highest BCUT2D eigenvalue weighted by Crippen LogP contribution is 2.18. The molecule has 3 nitrogen and oxygen atoms in total. The zero-order valence-corrected chi connectivity index (χ0v) is 13.6. The Kier molecular flexibility index (Phi) is 7.63. The number of benzene rings is 1. The number of hydrogen-bond acceptors (Lipinski definition) is 3. The molecule has 0 aliphatic heterocycles. The van der Waals surface area contributed by atoms with Gasteiger partial charge in [-0.3, -0.25) is 0 Å². The van der Waals surface area contributed by atoms with Gasteiger partial charge in [-0.15, -0.1) is 0 Å². The fraction of sp³-hybridized carbons (Fsp3) is 0.647. The zero-order chi connectivity index (χ0) is 15.0. The van der Waals surface area contributed by atoms with Crippen LogP contribution < -0.4 is 10.1 Å². The van der Waals surface area contributed by atoms with Crippen LogP contribution in [-0.4, -0.2) is 38.7 Å². The molecule has 0 amide bonds. The lowest BCUT2D eigenvalue weighted by molar-refractivity contribution is 0.276. The minimum absolute atomic E-state index is 0.378. The number of nitrogens with one attached hydrogen (secondary N) is 1. The third-order valence-corrected chi connectivity index (χ3v) is 3.55. The van der Waals surface area contributed by atoms with Gasteiger partial charge in [0.25, 0.3) is 0 Å². The van der Waals surface area contributed by atoms with Crippen LogP contribution in [0.15, 0.2) is 24.3 Å². The van der Waals surface area contributed by atoms with E-state index in [1.165, 1.54) is 12.0 Å². The summed E-state index contributed by atoms with van der Waals surface area (Å²) in [4.78, 5) is 2.41. The van der Waals surface area contributed by atoms with E-state index >= 15 is 0 Å². The van der Waals surface area contributed by atoms with E-state index in [-0.39, 0.29) is 0 Å². The van der Waals surface area contributed by atoms with Gasteiger partial charge in [0.15, 0.2) is 0 Å². The Morgan fingerprint density at radius 2 is 1.85 bits per heavy atom. The average Bonchev–Trinajstić information content (AvgIpc) is 2.45. The summed E-state index contributed by atoms with van der Waals surface area (Å²) in [5.41, 5.74) is 1.32. The van der Waals surface area contributed by atoms with Crippen molar-refractivity contribution in [2.75, 3.05) is 33.8 Å². The first-order valence-corrected chi connectivity index (χ1v) is 7.62. The molecule has 0 aliphatic rings. The van der Waals surface area contributed by atoms with Gasteiger partial charge in [-0.05, 0) is 50.2 Å². The molecule has 114 valence electrons. The fourth-order valence-electron chi connectivity index (χ4n) is 2.25. The molecule has 1 N–H and O–H groups in total. The van der Waals surface area contributed by atoms with Crippen LogP contribution in [0.2, 0.25) is 0 Å². The van der Waals surface area contributed by atoms with Crippen LogP contribution in [0.4, 0.5) is 0 Å². The standard InChI is InChI=1S/C17H30N2O/c1-6-18-17(13-19(4)12-11-14(2)3)15-7-9-16(20-5)10-8-15/h7-10,14,17-18H,6,11-13H2,1-5H3. The van der Waals surface area contributed by atoms with E-state index in [2.05, 4.69) is 50.2 Å². The summed E-state index contributed by atoms with van der Waals surface area (Å²) < 4.78 is 5.22. The SMILES string of the molecule is CCNC(CN(C)CCC(C)C)c1ccc(OC)cc1. The molecule has 20 heavy (non-hydrogen) atoms. The van der Waals surface area contributed by atoms with Gasteiger partial charge in [0.1, 0.15) is 5.75 Å². The van der Waals surface area contributed by atoms with Crippen molar-refractivity contribution < 1.29 is 4.74 Å². The van der Waals surface area contributed by atoms with E-state index in [0.717, 1.165) is 31.3 Å². The molecule has 1 unspecified atom stereocenters. The summed E-state index contributed by atoms with van der Waals surface area (Å²) in [6, 6.07) is 8.76. The van der Waals surface area contributed by atoms with Gasteiger partial charge in [0.05, 0.1) is 7.11 Å². The Labute approximate surface area is 124 Å². The summed E-state index contributed by atoms with van der Waals surface area (Å²) in [6.07, 6.45) is 1.25. The van der Waals surface area contributed by atoms with Gasteiger partial charge < -0.3 is 15.0 Å². The van der Waals surface area contributed by atoms with Gasteiger partial charge in [0.2, 0.25) is 0 Å². The van der Waals surface area contributed by atoms with Crippen molar-refractivity contribution in [3.63, 3.8) is 0 Å². The largest absolute Gasteiger partial charge is 0.497 e. The Bertz CT molecular complexity index is 362. The van der Waals surface area contributed by atoms with Crippen LogP contribution in [0.1, 0.15) is 38.8 Å². The van der Waals surface area contributed by atoms with Gasteiger partial charge in [-0.1, -0.05) is 32.9 Å². The number of nitrogens with zero attached hydrogens (tertiary/aromatic N) is 1. The van der Waals surface area contributed by atoms with E-state index < -0.39 is 0 Å². The maximum Gasteiger partial charge on any atom is 0.118 e. The van der Waals surface area contributed by atoms with E-state index in [9.17, 15) is 0 Å². The normalized spacial score (nSPS) is 12.9. The summed E-state index contributed by atoms with van der Waals surface area (Å²) in [5, 5.41) is 3.57. The third-order valence-electron chi connectivity index (χ3n) is 3.55. The molecule has 0 fully saturated rings. The highest BCUT2D eigenvalue weighted by atomic mass is 16.5. The monoisotopic (exact) mass is 278 g/mol. The third kappa shape index (κ3) is 5.93. The van der Waals surface area contributed by atoms with Crippen LogP contribution in [-0.2, 0) is 0 Å². The highest BCUT2D eigenvalue weighted by molar-refractivity contribution is 5.29. The van der Waals surface area contributed by atoms with E-state index in [1.807, 2.05) is 12.1 Å². The number of rotatable bonds is 9. The van der Waals surface area contributed by atoms with E-state index in [4.69, 9.17) is 4.74 Å². The predicted octanol–water partition coefficient (Wildman–Crippen LogP) is 3.32. The molecule has 1 aromatic rings. The number of hydrogen-bond donors (Lipinski definition) is 1. The van der Waals surface area contributed by atoms with Crippen LogP contribution in [0.3, 0.4) is 0 Å². The Morgan fingerprint density at radius 1 is 1.20 bits per heavy atom. The minimum atomic E-state index is 0.378. The second-order valence-electron chi connectivity index (χ2n) is 5.83. The lowest BCUT2D eigenvalue weighted by Gasteiger charge is -2.25. The smallest absolute Gasteiger partial charge is 0.118 e. The van der Waals surface area contributed by atoms with E-state index in [0.29, 0.717) is 6.04 Å². The maximum absolute atomic E-state index is 5.22. The lowest BCUT2D eigenvalue weighted by atomic mass is 10.1. The van der Waals surface area contributed by atoms with Crippen molar-refractivity contribution in [1.82, 2.24) is 10.2 Å². The summed E-state index contributed by atoms with van der Waals surface area (Å²) >= 11 is 0. The minimum Gasteiger partial charge on any atom is -0.497 e. The first-order chi connectivity index (χ1) is 9.56. The van der Waals surface area contributed by atoms with Crippen LogP contribution in [0.25, 0.3) is 0 Å². The Morgan fingerprint density at radius 3 is 2.35 bits per heavy atom. The molecule has 0 saturated heterocycles. The second kappa shape index (κ2) is 8.98. The van der Waals surface area contributed by atoms with Gasteiger partial charge in [-0.2, -0.15) is 0 Å². The predicted molar refractivity (Wildman–Crippen MR) is 86.4 cm³/mol. The first-order valence-electron chi connectivity index (χ1n) is 7.62. The molecule has 0 spiro atoms. The van der Waals surface area contributed by atoms with Crippen molar-refractivity contribution >= 4 is 0 Å². The molecule has 1 atom stereocenters. The van der Waals surface area contributed by atoms with Crippen molar-refractivity contribution in [3.05, 3.63) is 29.8 Å². The number of methoxy groups -OCH3 is 1. The Balaban J connectivity index is 2.62. The summed E-state index contributed by atoms with van der Waals surface area (Å²) in [5.74, 6) is 1.67. The first kappa shape index (κ1) is 17.0. The Hall–Kier alpha value is -1.06. The molecule has 3 heteroatoms. The molecule has 0 radical (unpaired) electrons. The molecule has 0 aliphatic carbocycles. The van der Waals surface area contributed by atoms with Gasteiger partial charge >= 0.3 is 0 Å². The van der Waals surface area contributed by atoms with Gasteiger partial charge in [-0.25, -0.2) is 0 Å². The zero-order valence-electron chi connectivity index (χ0n) is 13.6. The molecule has 0 heterocycles. The second-order valence-corrected chi connectivity index (χ2v) is 5.83. The summed E-state index contributed by atoms with van der Waals surface area (Å²) in [7, 11) is 3.91. The van der Waals surface area contributed by atoms with Crippen molar-refractivity contribution in [1.29, 1.82) is 0 Å². The van der Waals surface area contributed by atoms with Crippen molar-refractivity contribution in [3.8, 4) is 5.75 Å². The van der Waals surface area contributed by atoms with Crippen molar-refractivity contribution in [2.45, 2.75) is 33.2 Å². The molecular weight excluding hydrogens is 248 g/mol. The number of ether oxygens (including phenoxy) is 1. The fourth-order valence-corrected chi connectivity index (χ4v) is 2.25. The van der Waals surface area contributed by atoms with Crippen molar-refractivity contribution in [2.24, 2.45) is 5.92 Å². The van der Waals surface area contributed by atoms with Gasteiger partial charge in [0, 0.05) is 12.6 Å². The molecule has 0 bridgehead atoms. The maximum atomic E-state index is 5.22. The summed E-state index contributed by atoms with van der Waals surface area (Å²) in [6.45, 7) is 9.88. The average molecular weight is 278 g/mol. The van der Waals surface area contributed by atoms with E-state index in [1.54, 1.807) is 7.11 Å². The molecule has 1 rings (SSSR count). The molecule has 1 aromatic carbocycles. The highest BCUT2D eigenvalue weighted by Gasteiger charge is 2.13. The van der Waals surface area contributed by atoms with Crippen LogP contribution in [0, 0.1) is 5.92 Å². The molecular formula is C17H30N2O. The topological polar surface area (TPSA) is 24.5 Å². The van der Waals surface area contributed by atoms with Crippen LogP contribution >= 0.6 is 0 Å².